The summed E-state index contributed by atoms with van der Waals surface area (Å²) in [4.78, 5) is 22.2. The van der Waals surface area contributed by atoms with Crippen LogP contribution in [0.2, 0.25) is 0 Å². The number of carbonyl (C=O) groups excluding carboxylic acids is 1. The monoisotopic (exact) mass is 295 g/mol. The molecule has 0 aliphatic carbocycles. The smallest absolute Gasteiger partial charge is 0.315 e. The highest BCUT2D eigenvalue weighted by atomic mass is 79.9. The van der Waals surface area contributed by atoms with Gasteiger partial charge in [0.25, 0.3) is 0 Å². The van der Waals surface area contributed by atoms with Crippen molar-refractivity contribution in [2.24, 2.45) is 0 Å². The average Bonchev–Trinajstić information content (AvgIpc) is 2.75. The Balaban J connectivity index is 2.09. The summed E-state index contributed by atoms with van der Waals surface area (Å²) in [7, 11) is 1.64. The lowest BCUT2D eigenvalue weighted by molar-refractivity contribution is 0.138. The fourth-order valence-electron chi connectivity index (χ4n) is 1.24. The molecule has 0 aliphatic rings. The van der Waals surface area contributed by atoms with E-state index in [4.69, 9.17) is 4.84 Å². The molecule has 0 saturated heterocycles. The first kappa shape index (κ1) is 11.7. The van der Waals surface area contributed by atoms with Crippen LogP contribution in [0, 0.1) is 0 Å². The molecule has 1 amide bonds. The van der Waals surface area contributed by atoms with Crippen molar-refractivity contribution in [1.29, 1.82) is 0 Å². The number of halogens is 1. The molecular formula is C11H10BrN3O2. The first-order valence-electron chi connectivity index (χ1n) is 4.88. The summed E-state index contributed by atoms with van der Waals surface area (Å²) >= 11 is 3.16. The van der Waals surface area contributed by atoms with Gasteiger partial charge in [-0.25, -0.2) is 9.78 Å². The second-order valence-corrected chi connectivity index (χ2v) is 3.98. The average molecular weight is 296 g/mol. The van der Waals surface area contributed by atoms with Gasteiger partial charge in [0, 0.05) is 18.9 Å². The molecule has 0 N–H and O–H groups in total. The Labute approximate surface area is 107 Å². The lowest BCUT2D eigenvalue weighted by Crippen LogP contribution is -2.33. The van der Waals surface area contributed by atoms with Crippen LogP contribution in [0.15, 0.2) is 47.5 Å². The molecule has 0 aliphatic heterocycles. The van der Waals surface area contributed by atoms with Crippen LogP contribution in [0.3, 0.4) is 0 Å². The summed E-state index contributed by atoms with van der Waals surface area (Å²) < 4.78 is 1.69. The van der Waals surface area contributed by atoms with Gasteiger partial charge < -0.3 is 4.84 Å². The van der Waals surface area contributed by atoms with Crippen molar-refractivity contribution in [2.45, 2.75) is 0 Å². The number of rotatable bonds is 2. The minimum Gasteiger partial charge on any atom is -0.315 e. The second kappa shape index (κ2) is 5.01. The van der Waals surface area contributed by atoms with Gasteiger partial charge in [-0.05, 0) is 28.1 Å². The fraction of sp³-hybridized carbons (Fsp3) is 0.0909. The van der Waals surface area contributed by atoms with Crippen molar-refractivity contribution in [3.8, 4) is 0 Å². The first-order valence-corrected chi connectivity index (χ1v) is 5.67. The van der Waals surface area contributed by atoms with Crippen LogP contribution in [0.5, 0.6) is 0 Å². The van der Waals surface area contributed by atoms with E-state index in [-0.39, 0.29) is 0 Å². The summed E-state index contributed by atoms with van der Waals surface area (Å²) in [6.45, 7) is 0. The summed E-state index contributed by atoms with van der Waals surface area (Å²) in [5.74, 6) is 0. The predicted molar refractivity (Wildman–Crippen MR) is 66.7 cm³/mol. The predicted octanol–water partition coefficient (Wildman–Crippen LogP) is 2.33. The molecule has 0 bridgehead atoms. The van der Waals surface area contributed by atoms with Crippen LogP contribution in [-0.2, 0) is 0 Å². The normalized spacial score (nSPS) is 10.0. The lowest BCUT2D eigenvalue weighted by Gasteiger charge is -2.16. The number of imidazole rings is 1. The maximum absolute atomic E-state index is 11.8. The van der Waals surface area contributed by atoms with Crippen molar-refractivity contribution in [3.05, 3.63) is 47.5 Å². The summed E-state index contributed by atoms with van der Waals surface area (Å²) in [6.07, 6.45) is 2.58. The van der Waals surface area contributed by atoms with Gasteiger partial charge in [-0.3, -0.25) is 4.90 Å². The van der Waals surface area contributed by atoms with Crippen LogP contribution < -0.4 is 9.74 Å². The molecule has 0 saturated carbocycles. The topological polar surface area (TPSA) is 47.4 Å². The molecule has 0 radical (unpaired) electrons. The minimum absolute atomic E-state index is 0.437. The molecule has 2 aromatic rings. The van der Waals surface area contributed by atoms with E-state index in [1.165, 1.54) is 15.8 Å². The molecule has 1 heterocycles. The third-order valence-electron chi connectivity index (χ3n) is 2.16. The van der Waals surface area contributed by atoms with Crippen molar-refractivity contribution >= 4 is 27.7 Å². The Morgan fingerprint density at radius 2 is 2.12 bits per heavy atom. The standard InChI is InChI=1S/C11H10BrN3O2/c1-14(9-5-3-2-4-6-9)11(16)17-15-8-7-13-10(15)12/h2-8H,1H3. The van der Waals surface area contributed by atoms with Gasteiger partial charge in [0.15, 0.2) is 0 Å². The molecule has 2 rings (SSSR count). The Morgan fingerprint density at radius 3 is 2.71 bits per heavy atom. The zero-order chi connectivity index (χ0) is 12.3. The van der Waals surface area contributed by atoms with Gasteiger partial charge in [-0.1, -0.05) is 18.2 Å². The number of amides is 1. The summed E-state index contributed by atoms with van der Waals surface area (Å²) in [5.41, 5.74) is 0.758. The molecule has 0 fully saturated rings. The molecule has 1 aromatic carbocycles. The van der Waals surface area contributed by atoms with E-state index >= 15 is 0 Å². The number of benzene rings is 1. The molecule has 6 heteroatoms. The van der Waals surface area contributed by atoms with E-state index in [1.807, 2.05) is 30.3 Å². The van der Waals surface area contributed by atoms with Crippen molar-refractivity contribution in [2.75, 3.05) is 11.9 Å². The molecule has 0 unspecified atom stereocenters. The van der Waals surface area contributed by atoms with Crippen LogP contribution >= 0.6 is 15.9 Å². The number of nitrogens with zero attached hydrogens (tertiary/aromatic N) is 3. The number of hydrogen-bond donors (Lipinski definition) is 0. The highest BCUT2D eigenvalue weighted by Crippen LogP contribution is 2.12. The van der Waals surface area contributed by atoms with E-state index in [9.17, 15) is 4.79 Å². The van der Waals surface area contributed by atoms with E-state index in [0.29, 0.717) is 4.73 Å². The minimum atomic E-state index is -0.491. The first-order chi connectivity index (χ1) is 8.18. The van der Waals surface area contributed by atoms with Crippen molar-refractivity contribution in [1.82, 2.24) is 9.71 Å². The summed E-state index contributed by atoms with van der Waals surface area (Å²) in [5, 5.41) is 0. The third kappa shape index (κ3) is 2.65. The highest BCUT2D eigenvalue weighted by molar-refractivity contribution is 9.10. The molecule has 1 aromatic heterocycles. The highest BCUT2D eigenvalue weighted by Gasteiger charge is 2.14. The lowest BCUT2D eigenvalue weighted by atomic mass is 10.3. The Bertz CT molecular complexity index is 512. The van der Waals surface area contributed by atoms with E-state index < -0.39 is 6.09 Å². The Hall–Kier alpha value is -1.82. The maximum atomic E-state index is 11.8. The van der Waals surface area contributed by atoms with Crippen LogP contribution in [0.1, 0.15) is 0 Å². The van der Waals surface area contributed by atoms with Crippen LogP contribution in [0.4, 0.5) is 10.5 Å². The number of anilines is 1. The molecule has 0 atom stereocenters. The molecule has 5 nitrogen and oxygen atoms in total. The van der Waals surface area contributed by atoms with Crippen molar-refractivity contribution < 1.29 is 9.63 Å². The quantitative estimate of drug-likeness (QED) is 0.854. The Kier molecular flexibility index (Phi) is 3.43. The zero-order valence-electron chi connectivity index (χ0n) is 9.08. The third-order valence-corrected chi connectivity index (χ3v) is 2.71. The van der Waals surface area contributed by atoms with Crippen LogP contribution in [-0.4, -0.2) is 22.9 Å². The maximum Gasteiger partial charge on any atom is 0.438 e. The molecule has 88 valence electrons. The van der Waals surface area contributed by atoms with Gasteiger partial charge in [0.05, 0.1) is 6.20 Å². The van der Waals surface area contributed by atoms with E-state index in [1.54, 1.807) is 13.2 Å². The van der Waals surface area contributed by atoms with Crippen molar-refractivity contribution in [3.63, 3.8) is 0 Å². The van der Waals surface area contributed by atoms with Gasteiger partial charge in [-0.15, -0.1) is 0 Å². The molecule has 17 heavy (non-hydrogen) atoms. The SMILES string of the molecule is CN(C(=O)On1ccnc1Br)c1ccccc1. The van der Waals surface area contributed by atoms with Crippen LogP contribution in [0.25, 0.3) is 0 Å². The fourth-order valence-corrected chi connectivity index (χ4v) is 1.55. The van der Waals surface area contributed by atoms with E-state index in [0.717, 1.165) is 5.69 Å². The molecule has 0 spiro atoms. The molecular weight excluding hydrogens is 286 g/mol. The van der Waals surface area contributed by atoms with Gasteiger partial charge in [0.1, 0.15) is 0 Å². The number of carbonyl (C=O) groups is 1. The number of hydrogen-bond acceptors (Lipinski definition) is 3. The van der Waals surface area contributed by atoms with Gasteiger partial charge >= 0.3 is 6.09 Å². The summed E-state index contributed by atoms with van der Waals surface area (Å²) in [6, 6.07) is 9.24. The Morgan fingerprint density at radius 1 is 1.41 bits per heavy atom. The van der Waals surface area contributed by atoms with E-state index in [2.05, 4.69) is 20.9 Å². The zero-order valence-corrected chi connectivity index (χ0v) is 10.7. The second-order valence-electron chi connectivity index (χ2n) is 3.27. The number of aromatic nitrogens is 2. The largest absolute Gasteiger partial charge is 0.438 e. The van der Waals surface area contributed by atoms with Gasteiger partial charge in [-0.2, -0.15) is 4.73 Å². The number of para-hydroxylation sites is 1. The van der Waals surface area contributed by atoms with Gasteiger partial charge in [0.2, 0.25) is 4.73 Å².